The number of hydrogen-bond acceptors (Lipinski definition) is 4. The predicted octanol–water partition coefficient (Wildman–Crippen LogP) is 3.24. The van der Waals surface area contributed by atoms with Crippen LogP contribution in [0.15, 0.2) is 35.4 Å². The molecule has 0 saturated heterocycles. The van der Waals surface area contributed by atoms with Crippen LogP contribution in [0.2, 0.25) is 5.02 Å². The average molecular weight is 338 g/mol. The summed E-state index contributed by atoms with van der Waals surface area (Å²) < 4.78 is 11.7. The molecule has 7 heteroatoms. The van der Waals surface area contributed by atoms with Crippen LogP contribution in [-0.2, 0) is 10.8 Å². The fourth-order valence-electron chi connectivity index (χ4n) is 1.82. The fraction of sp³-hybridized carbons (Fsp3) is 0.267. The van der Waals surface area contributed by atoms with E-state index in [1.54, 1.807) is 30.5 Å². The van der Waals surface area contributed by atoms with E-state index in [2.05, 4.69) is 15.3 Å². The number of aromatic nitrogens is 2. The summed E-state index contributed by atoms with van der Waals surface area (Å²) in [5.74, 6) is 0.174. The predicted molar refractivity (Wildman–Crippen MR) is 87.9 cm³/mol. The summed E-state index contributed by atoms with van der Waals surface area (Å²) in [6.45, 7) is 3.86. The van der Waals surface area contributed by atoms with Gasteiger partial charge in [-0.15, -0.1) is 0 Å². The van der Waals surface area contributed by atoms with Gasteiger partial charge in [-0.2, -0.15) is 0 Å². The second-order valence-corrected chi connectivity index (χ2v) is 6.74. The Morgan fingerprint density at radius 3 is 2.64 bits per heavy atom. The van der Waals surface area contributed by atoms with E-state index in [9.17, 15) is 9.00 Å². The smallest absolute Gasteiger partial charge is 0.275 e. The summed E-state index contributed by atoms with van der Waals surface area (Å²) >= 11 is 6.02. The lowest BCUT2D eigenvalue weighted by atomic mass is 10.2. The minimum absolute atomic E-state index is 0.0826. The Kier molecular flexibility index (Phi) is 5.26. The van der Waals surface area contributed by atoms with Crippen LogP contribution in [-0.4, -0.2) is 26.3 Å². The highest BCUT2D eigenvalue weighted by Crippen LogP contribution is 2.21. The fourth-order valence-corrected chi connectivity index (χ4v) is 2.70. The molecule has 1 aromatic carbocycles. The zero-order valence-electron chi connectivity index (χ0n) is 12.5. The van der Waals surface area contributed by atoms with Gasteiger partial charge in [0.2, 0.25) is 0 Å². The number of nitrogens with zero attached hydrogens (tertiary/aromatic N) is 2. The topological polar surface area (TPSA) is 72.0 Å². The number of rotatable bonds is 4. The Morgan fingerprint density at radius 2 is 2.00 bits per heavy atom. The van der Waals surface area contributed by atoms with Crippen molar-refractivity contribution in [3.8, 4) is 0 Å². The highest BCUT2D eigenvalue weighted by atomic mass is 35.5. The molecular weight excluding hydrogens is 322 g/mol. The summed E-state index contributed by atoms with van der Waals surface area (Å²) in [7, 11) is -1.21. The van der Waals surface area contributed by atoms with E-state index in [-0.39, 0.29) is 16.6 Å². The van der Waals surface area contributed by atoms with Gasteiger partial charge in [0.25, 0.3) is 5.91 Å². The van der Waals surface area contributed by atoms with E-state index in [0.29, 0.717) is 16.4 Å². The Balaban J connectivity index is 2.34. The van der Waals surface area contributed by atoms with E-state index in [1.165, 1.54) is 6.20 Å². The molecule has 0 aliphatic heterocycles. The first-order chi connectivity index (χ1) is 10.4. The second kappa shape index (κ2) is 6.98. The van der Waals surface area contributed by atoms with E-state index in [0.717, 1.165) is 0 Å². The highest BCUT2D eigenvalue weighted by Gasteiger charge is 2.17. The molecule has 1 atom stereocenters. The quantitative estimate of drug-likeness (QED) is 0.929. The van der Waals surface area contributed by atoms with Gasteiger partial charge in [-0.1, -0.05) is 37.6 Å². The number of halogens is 1. The van der Waals surface area contributed by atoms with Crippen molar-refractivity contribution in [2.75, 3.05) is 11.6 Å². The number of carbonyl (C=O) groups is 1. The minimum atomic E-state index is -1.21. The molecule has 1 N–H and O–H groups in total. The number of hydrogen-bond donors (Lipinski definition) is 1. The molecular formula is C15H16ClN3O2S. The monoisotopic (exact) mass is 337 g/mol. The van der Waals surface area contributed by atoms with Gasteiger partial charge in [-0.3, -0.25) is 9.00 Å². The van der Waals surface area contributed by atoms with Gasteiger partial charge in [-0.25, -0.2) is 9.97 Å². The van der Waals surface area contributed by atoms with Crippen LogP contribution in [0.5, 0.6) is 0 Å². The molecule has 22 heavy (non-hydrogen) atoms. The van der Waals surface area contributed by atoms with E-state index in [1.807, 2.05) is 13.8 Å². The number of benzene rings is 1. The number of carbonyl (C=O) groups excluding carboxylic acids is 1. The first-order valence-corrected chi connectivity index (χ1v) is 8.60. The van der Waals surface area contributed by atoms with Gasteiger partial charge in [0.15, 0.2) is 5.69 Å². The maximum absolute atomic E-state index is 12.4. The Labute approximate surface area is 136 Å². The lowest BCUT2D eigenvalue weighted by Gasteiger charge is -2.11. The Hall–Kier alpha value is -1.79. The summed E-state index contributed by atoms with van der Waals surface area (Å²) in [5.41, 5.74) is 0.589. The SMILES string of the molecule is CC(C)c1ncc(Cl)c(C(=O)Nc2ccccc2S(C)=O)n1. The molecule has 116 valence electrons. The average Bonchev–Trinajstić information content (AvgIpc) is 2.47. The molecule has 1 amide bonds. The zero-order chi connectivity index (χ0) is 16.3. The molecule has 0 spiro atoms. The molecule has 0 bridgehead atoms. The van der Waals surface area contributed by atoms with Crippen molar-refractivity contribution in [1.82, 2.24) is 9.97 Å². The molecule has 0 fully saturated rings. The largest absolute Gasteiger partial charge is 0.319 e. The molecule has 1 unspecified atom stereocenters. The summed E-state index contributed by atoms with van der Waals surface area (Å²) in [5, 5.41) is 2.89. The molecule has 0 aliphatic rings. The van der Waals surface area contributed by atoms with Crippen molar-refractivity contribution in [3.63, 3.8) is 0 Å². The van der Waals surface area contributed by atoms with Crippen LogP contribution < -0.4 is 5.32 Å². The molecule has 0 saturated carbocycles. The van der Waals surface area contributed by atoms with Crippen LogP contribution in [0, 0.1) is 0 Å². The minimum Gasteiger partial charge on any atom is -0.319 e. The highest BCUT2D eigenvalue weighted by molar-refractivity contribution is 7.84. The number of anilines is 1. The van der Waals surface area contributed by atoms with Crippen molar-refractivity contribution < 1.29 is 9.00 Å². The normalized spacial score (nSPS) is 12.2. The molecule has 0 aliphatic carbocycles. The zero-order valence-corrected chi connectivity index (χ0v) is 14.0. The molecule has 2 aromatic rings. The van der Waals surface area contributed by atoms with Gasteiger partial charge in [0, 0.05) is 12.2 Å². The van der Waals surface area contributed by atoms with Gasteiger partial charge < -0.3 is 5.32 Å². The second-order valence-electron chi connectivity index (χ2n) is 4.98. The maximum atomic E-state index is 12.4. The van der Waals surface area contributed by atoms with Crippen molar-refractivity contribution in [3.05, 3.63) is 47.0 Å². The first kappa shape index (κ1) is 16.6. The van der Waals surface area contributed by atoms with Crippen LogP contribution in [0.4, 0.5) is 5.69 Å². The molecule has 2 rings (SSSR count). The van der Waals surface area contributed by atoms with Crippen LogP contribution in [0.25, 0.3) is 0 Å². The van der Waals surface area contributed by atoms with Crippen LogP contribution >= 0.6 is 11.6 Å². The Morgan fingerprint density at radius 1 is 1.32 bits per heavy atom. The van der Waals surface area contributed by atoms with Gasteiger partial charge in [0.05, 0.1) is 32.6 Å². The van der Waals surface area contributed by atoms with E-state index < -0.39 is 16.7 Å². The third-order valence-electron chi connectivity index (χ3n) is 2.94. The van der Waals surface area contributed by atoms with Gasteiger partial charge in [-0.05, 0) is 12.1 Å². The van der Waals surface area contributed by atoms with Crippen molar-refractivity contribution >= 4 is 34.0 Å². The summed E-state index contributed by atoms with van der Waals surface area (Å²) in [6, 6.07) is 6.91. The first-order valence-electron chi connectivity index (χ1n) is 6.66. The number of nitrogens with one attached hydrogen (secondary N) is 1. The Bertz CT molecular complexity index is 734. The number of amides is 1. The van der Waals surface area contributed by atoms with Crippen LogP contribution in [0.3, 0.4) is 0 Å². The molecule has 5 nitrogen and oxygen atoms in total. The molecule has 1 aromatic heterocycles. The van der Waals surface area contributed by atoms with E-state index >= 15 is 0 Å². The van der Waals surface area contributed by atoms with E-state index in [4.69, 9.17) is 11.6 Å². The lowest BCUT2D eigenvalue weighted by Crippen LogP contribution is -2.17. The number of para-hydroxylation sites is 1. The van der Waals surface area contributed by atoms with Gasteiger partial charge >= 0.3 is 0 Å². The third kappa shape index (κ3) is 3.69. The lowest BCUT2D eigenvalue weighted by molar-refractivity contribution is 0.102. The standard InChI is InChI=1S/C15H16ClN3O2S/c1-9(2)14-17-8-10(16)13(19-14)15(20)18-11-6-4-5-7-12(11)22(3)21/h4-9H,1-3H3,(H,18,20). The van der Waals surface area contributed by atoms with Crippen LogP contribution in [0.1, 0.15) is 36.1 Å². The maximum Gasteiger partial charge on any atom is 0.275 e. The molecule has 1 heterocycles. The van der Waals surface area contributed by atoms with Crippen molar-refractivity contribution in [1.29, 1.82) is 0 Å². The third-order valence-corrected chi connectivity index (χ3v) is 4.19. The summed E-state index contributed by atoms with van der Waals surface area (Å²) in [4.78, 5) is 21.3. The summed E-state index contributed by atoms with van der Waals surface area (Å²) in [6.07, 6.45) is 2.97. The van der Waals surface area contributed by atoms with Crippen molar-refractivity contribution in [2.45, 2.75) is 24.7 Å². The van der Waals surface area contributed by atoms with Crippen molar-refractivity contribution in [2.24, 2.45) is 0 Å². The van der Waals surface area contributed by atoms with Gasteiger partial charge in [0.1, 0.15) is 5.82 Å². The molecule has 0 radical (unpaired) electrons.